The van der Waals surface area contributed by atoms with E-state index in [2.05, 4.69) is 15.0 Å². The van der Waals surface area contributed by atoms with Crippen LogP contribution in [0.2, 0.25) is 0 Å². The second kappa shape index (κ2) is 9.23. The Morgan fingerprint density at radius 1 is 1.17 bits per heavy atom. The molecule has 1 N–H and O–H groups in total. The van der Waals surface area contributed by atoms with Gasteiger partial charge >= 0.3 is 12.1 Å². The third kappa shape index (κ3) is 5.57. The minimum atomic E-state index is -5.69. The Kier molecular flexibility index (Phi) is 6.48. The average Bonchev–Trinajstić information content (AvgIpc) is 3.16. The monoisotopic (exact) mass is 499 g/mol. The second-order valence-corrected chi connectivity index (χ2v) is 8.26. The van der Waals surface area contributed by atoms with E-state index in [1.807, 2.05) is 24.0 Å². The van der Waals surface area contributed by atoms with E-state index >= 15 is 0 Å². The van der Waals surface area contributed by atoms with Crippen LogP contribution < -0.4 is 19.7 Å². The van der Waals surface area contributed by atoms with E-state index in [4.69, 9.17) is 9.15 Å². The number of rotatable bonds is 8. The molecule has 1 fully saturated rings. The van der Waals surface area contributed by atoms with Gasteiger partial charge < -0.3 is 24.1 Å². The topological polar surface area (TPSA) is 76.8 Å². The normalized spacial score (nSPS) is 15.6. The Hall–Kier alpha value is -3.57. The van der Waals surface area contributed by atoms with Crippen LogP contribution in [0.25, 0.3) is 11.1 Å². The van der Waals surface area contributed by atoms with Crippen LogP contribution in [-0.2, 0) is 4.79 Å². The molecule has 0 radical (unpaired) electrons. The maximum Gasteiger partial charge on any atom is 0.456 e. The van der Waals surface area contributed by atoms with E-state index in [0.717, 1.165) is 5.56 Å². The van der Waals surface area contributed by atoms with Crippen LogP contribution in [0.4, 0.5) is 28.0 Å². The molecule has 1 aromatic heterocycles. The van der Waals surface area contributed by atoms with Gasteiger partial charge in [0.05, 0.1) is 19.1 Å². The van der Waals surface area contributed by atoms with Crippen molar-refractivity contribution in [2.24, 2.45) is 0 Å². The zero-order valence-corrected chi connectivity index (χ0v) is 18.7. The van der Waals surface area contributed by atoms with Crippen molar-refractivity contribution in [1.82, 2.24) is 10.3 Å². The average molecular weight is 499 g/mol. The number of carbonyl (C=O) groups excluding carboxylic acids is 1. The summed E-state index contributed by atoms with van der Waals surface area (Å²) in [4.78, 5) is 17.6. The van der Waals surface area contributed by atoms with Gasteiger partial charge in [0.1, 0.15) is 23.1 Å². The minimum absolute atomic E-state index is 0.140. The number of anilines is 1. The third-order valence-corrected chi connectivity index (χ3v) is 5.38. The first kappa shape index (κ1) is 24.6. The van der Waals surface area contributed by atoms with E-state index in [9.17, 15) is 26.7 Å². The van der Waals surface area contributed by atoms with Gasteiger partial charge in [-0.05, 0) is 36.8 Å². The molecule has 2 aromatic carbocycles. The SMILES string of the molecule is CC(=O)NC(C)c1ccc2nc(N3CC(Oc4cccc(OCC(F)(F)C(F)(F)F)c4)C3)oc2c1. The molecule has 1 aliphatic rings. The number of carbonyl (C=O) groups is 1. The molecule has 35 heavy (non-hydrogen) atoms. The number of oxazole rings is 1. The first-order valence-electron chi connectivity index (χ1n) is 10.7. The highest BCUT2D eigenvalue weighted by atomic mass is 19.4. The Balaban J connectivity index is 1.33. The largest absolute Gasteiger partial charge is 0.487 e. The summed E-state index contributed by atoms with van der Waals surface area (Å²) in [7, 11) is 0. The first-order chi connectivity index (χ1) is 16.4. The summed E-state index contributed by atoms with van der Waals surface area (Å²) in [6.07, 6.45) is -5.96. The molecule has 1 unspecified atom stereocenters. The van der Waals surface area contributed by atoms with E-state index < -0.39 is 18.7 Å². The molecule has 1 atom stereocenters. The van der Waals surface area contributed by atoms with Crippen molar-refractivity contribution >= 4 is 23.0 Å². The van der Waals surface area contributed by atoms with Crippen LogP contribution in [0.15, 0.2) is 46.9 Å². The van der Waals surface area contributed by atoms with E-state index in [0.29, 0.717) is 30.2 Å². The lowest BCUT2D eigenvalue weighted by Crippen LogP contribution is -2.54. The maximum absolute atomic E-state index is 13.1. The van der Waals surface area contributed by atoms with Gasteiger partial charge in [0, 0.05) is 13.0 Å². The van der Waals surface area contributed by atoms with Crippen molar-refractivity contribution in [3.05, 3.63) is 48.0 Å². The quantitative estimate of drug-likeness (QED) is 0.446. The zero-order valence-electron chi connectivity index (χ0n) is 18.7. The van der Waals surface area contributed by atoms with Crippen LogP contribution >= 0.6 is 0 Å². The van der Waals surface area contributed by atoms with Gasteiger partial charge in [-0.25, -0.2) is 0 Å². The number of aromatic nitrogens is 1. The number of hydrogen-bond donors (Lipinski definition) is 1. The molecule has 7 nitrogen and oxygen atoms in total. The predicted octanol–water partition coefficient (Wildman–Crippen LogP) is 4.87. The van der Waals surface area contributed by atoms with Crippen molar-refractivity contribution in [2.45, 2.75) is 38.1 Å². The number of alkyl halides is 5. The summed E-state index contributed by atoms with van der Waals surface area (Å²) in [6, 6.07) is 11.2. The summed E-state index contributed by atoms with van der Waals surface area (Å²) >= 11 is 0. The summed E-state index contributed by atoms with van der Waals surface area (Å²) in [6.45, 7) is 2.34. The Morgan fingerprint density at radius 3 is 2.57 bits per heavy atom. The van der Waals surface area contributed by atoms with Gasteiger partial charge in [-0.15, -0.1) is 0 Å². The number of amides is 1. The number of hydrogen-bond acceptors (Lipinski definition) is 6. The van der Waals surface area contributed by atoms with E-state index in [1.54, 1.807) is 12.1 Å². The van der Waals surface area contributed by atoms with Gasteiger partial charge in [0.15, 0.2) is 12.2 Å². The highest BCUT2D eigenvalue weighted by molar-refractivity contribution is 5.77. The second-order valence-electron chi connectivity index (χ2n) is 8.26. The van der Waals surface area contributed by atoms with Crippen LogP contribution in [0.5, 0.6) is 11.5 Å². The van der Waals surface area contributed by atoms with Crippen molar-refractivity contribution in [3.63, 3.8) is 0 Å². The van der Waals surface area contributed by atoms with Gasteiger partial charge in [0.2, 0.25) is 5.91 Å². The number of nitrogens with one attached hydrogen (secondary N) is 1. The molecule has 0 saturated carbocycles. The van der Waals surface area contributed by atoms with Crippen molar-refractivity contribution in [3.8, 4) is 11.5 Å². The van der Waals surface area contributed by atoms with Crippen LogP contribution in [-0.4, -0.2) is 48.8 Å². The van der Waals surface area contributed by atoms with Gasteiger partial charge in [-0.1, -0.05) is 12.1 Å². The highest BCUT2D eigenvalue weighted by Crippen LogP contribution is 2.36. The fourth-order valence-electron chi connectivity index (χ4n) is 3.48. The lowest BCUT2D eigenvalue weighted by molar-refractivity contribution is -0.290. The molecule has 1 aliphatic heterocycles. The molecule has 0 aliphatic carbocycles. The first-order valence-corrected chi connectivity index (χ1v) is 10.7. The molecule has 2 heterocycles. The smallest absolute Gasteiger partial charge is 0.456 e. The maximum atomic E-state index is 13.1. The van der Waals surface area contributed by atoms with Crippen LogP contribution in [0.3, 0.4) is 0 Å². The van der Waals surface area contributed by atoms with Gasteiger partial charge in [0.25, 0.3) is 6.01 Å². The molecule has 3 aromatic rings. The van der Waals surface area contributed by atoms with E-state index in [-0.39, 0.29) is 29.6 Å². The molecular formula is C23H22F5N3O4. The molecule has 1 saturated heterocycles. The molecule has 4 rings (SSSR count). The fourth-order valence-corrected chi connectivity index (χ4v) is 3.48. The van der Waals surface area contributed by atoms with Gasteiger partial charge in [-0.2, -0.15) is 26.9 Å². The van der Waals surface area contributed by atoms with Gasteiger partial charge in [-0.3, -0.25) is 4.79 Å². The molecule has 1 amide bonds. The third-order valence-electron chi connectivity index (χ3n) is 5.38. The fraction of sp³-hybridized carbons (Fsp3) is 0.391. The molecule has 12 heteroatoms. The number of halogens is 5. The van der Waals surface area contributed by atoms with Crippen molar-refractivity contribution in [2.75, 3.05) is 24.6 Å². The van der Waals surface area contributed by atoms with Crippen LogP contribution in [0, 0.1) is 0 Å². The van der Waals surface area contributed by atoms with Crippen molar-refractivity contribution in [1.29, 1.82) is 0 Å². The predicted molar refractivity (Wildman–Crippen MR) is 116 cm³/mol. The number of benzene rings is 2. The lowest BCUT2D eigenvalue weighted by atomic mass is 10.1. The van der Waals surface area contributed by atoms with Crippen molar-refractivity contribution < 1.29 is 40.6 Å². The van der Waals surface area contributed by atoms with Crippen LogP contribution in [0.1, 0.15) is 25.5 Å². The zero-order chi connectivity index (χ0) is 25.4. The minimum Gasteiger partial charge on any atom is -0.487 e. The molecule has 0 spiro atoms. The Bertz CT molecular complexity index is 1210. The number of fused-ring (bicyclic) bond motifs is 1. The summed E-state index contributed by atoms with van der Waals surface area (Å²) < 4.78 is 79.3. The summed E-state index contributed by atoms with van der Waals surface area (Å²) in [5.74, 6) is -4.98. The number of ether oxygens (including phenoxy) is 2. The van der Waals surface area contributed by atoms with E-state index in [1.165, 1.54) is 25.1 Å². The lowest BCUT2D eigenvalue weighted by Gasteiger charge is -2.37. The standard InChI is InChI=1S/C23H22F5N3O4/c1-13(29-14(2)32)15-6-7-19-20(8-15)35-21(30-19)31-10-18(11-31)34-17-5-3-4-16(9-17)33-12-22(24,25)23(26,27)28/h3-9,13,18H,10-12H2,1-2H3,(H,29,32). The number of nitrogens with zero attached hydrogens (tertiary/aromatic N) is 2. The Labute approximate surface area is 196 Å². The molecule has 0 bridgehead atoms. The molecular weight excluding hydrogens is 477 g/mol. The summed E-state index contributed by atoms with van der Waals surface area (Å²) in [5.41, 5.74) is 2.10. The Morgan fingerprint density at radius 2 is 1.89 bits per heavy atom. The molecule has 188 valence electrons. The highest BCUT2D eigenvalue weighted by Gasteiger charge is 2.58. The summed E-state index contributed by atoms with van der Waals surface area (Å²) in [5, 5.41) is 2.81.